The van der Waals surface area contributed by atoms with E-state index in [0.717, 1.165) is 28.3 Å². The summed E-state index contributed by atoms with van der Waals surface area (Å²) in [7, 11) is 1.77. The van der Waals surface area contributed by atoms with Gasteiger partial charge in [-0.1, -0.05) is 6.07 Å². The van der Waals surface area contributed by atoms with E-state index >= 15 is 0 Å². The summed E-state index contributed by atoms with van der Waals surface area (Å²) in [6.45, 7) is 1.76. The second-order valence-corrected chi connectivity index (χ2v) is 5.43. The van der Waals surface area contributed by atoms with Gasteiger partial charge in [-0.15, -0.1) is 0 Å². The van der Waals surface area contributed by atoms with Crippen LogP contribution in [0.5, 0.6) is 5.75 Å². The van der Waals surface area contributed by atoms with Gasteiger partial charge in [0, 0.05) is 25.0 Å². The van der Waals surface area contributed by atoms with Crippen molar-refractivity contribution in [2.45, 2.75) is 13.0 Å². The molecule has 22 heavy (non-hydrogen) atoms. The minimum absolute atomic E-state index is 0.0420. The third-order valence-electron chi connectivity index (χ3n) is 3.96. The molecule has 0 N–H and O–H groups in total. The van der Waals surface area contributed by atoms with E-state index in [2.05, 4.69) is 4.98 Å². The van der Waals surface area contributed by atoms with E-state index in [4.69, 9.17) is 4.74 Å². The minimum Gasteiger partial charge on any atom is -0.479 e. The lowest BCUT2D eigenvalue weighted by Crippen LogP contribution is -2.41. The zero-order valence-corrected chi connectivity index (χ0v) is 12.4. The quantitative estimate of drug-likeness (QED) is 0.693. The Balaban J connectivity index is 1.82. The van der Waals surface area contributed by atoms with Crippen molar-refractivity contribution in [1.29, 1.82) is 0 Å². The van der Waals surface area contributed by atoms with Gasteiger partial charge in [-0.05, 0) is 37.3 Å². The lowest BCUT2D eigenvalue weighted by atomic mass is 10.1. The highest BCUT2D eigenvalue weighted by molar-refractivity contribution is 6.00. The van der Waals surface area contributed by atoms with Gasteiger partial charge >= 0.3 is 0 Å². The number of aromatic nitrogens is 2. The average molecular weight is 293 g/mol. The Morgan fingerprint density at radius 2 is 2.09 bits per heavy atom. The molecule has 1 atom stereocenters. The smallest absolute Gasteiger partial charge is 0.267 e. The molecule has 110 valence electrons. The van der Waals surface area contributed by atoms with E-state index in [-0.39, 0.29) is 5.91 Å². The van der Waals surface area contributed by atoms with Gasteiger partial charge in [0.2, 0.25) is 0 Å². The van der Waals surface area contributed by atoms with Crippen molar-refractivity contribution >= 4 is 17.2 Å². The Bertz CT molecular complexity index is 851. The van der Waals surface area contributed by atoms with Gasteiger partial charge in [-0.3, -0.25) is 4.79 Å². The third kappa shape index (κ3) is 1.86. The van der Waals surface area contributed by atoms with Crippen LogP contribution in [-0.4, -0.2) is 28.4 Å². The second-order valence-electron chi connectivity index (χ2n) is 5.43. The van der Waals surface area contributed by atoms with Crippen molar-refractivity contribution in [2.24, 2.45) is 0 Å². The summed E-state index contributed by atoms with van der Waals surface area (Å²) >= 11 is 0. The van der Waals surface area contributed by atoms with E-state index in [1.54, 1.807) is 18.9 Å². The van der Waals surface area contributed by atoms with Crippen LogP contribution in [0.1, 0.15) is 6.92 Å². The number of fused-ring (bicyclic) bond motifs is 2. The summed E-state index contributed by atoms with van der Waals surface area (Å²) in [5, 5.41) is 0. The Kier molecular flexibility index (Phi) is 2.69. The van der Waals surface area contributed by atoms with E-state index in [1.807, 2.05) is 53.2 Å². The summed E-state index contributed by atoms with van der Waals surface area (Å²) in [4.78, 5) is 18.3. The molecular formula is C17H15N3O2. The molecule has 0 radical (unpaired) electrons. The number of anilines is 1. The maximum absolute atomic E-state index is 12.1. The summed E-state index contributed by atoms with van der Waals surface area (Å²) in [6.07, 6.45) is 3.49. The number of ether oxygens (including phenoxy) is 1. The molecule has 1 amide bonds. The molecule has 0 saturated heterocycles. The van der Waals surface area contributed by atoms with E-state index < -0.39 is 6.10 Å². The minimum atomic E-state index is -0.446. The Labute approximate surface area is 127 Å². The van der Waals surface area contributed by atoms with Crippen LogP contribution in [-0.2, 0) is 4.79 Å². The average Bonchev–Trinajstić information content (AvgIpc) is 2.96. The molecule has 5 nitrogen and oxygen atoms in total. The highest BCUT2D eigenvalue weighted by Gasteiger charge is 2.29. The second kappa shape index (κ2) is 4.59. The normalized spacial score (nSPS) is 17.5. The monoisotopic (exact) mass is 293 g/mol. The van der Waals surface area contributed by atoms with Crippen LogP contribution in [0.4, 0.5) is 5.69 Å². The Morgan fingerprint density at radius 1 is 1.23 bits per heavy atom. The van der Waals surface area contributed by atoms with Gasteiger partial charge in [0.1, 0.15) is 11.4 Å². The molecule has 1 aliphatic heterocycles. The summed E-state index contributed by atoms with van der Waals surface area (Å²) in [5.74, 6) is 0.682. The SMILES string of the molecule is CC1Oc2ccc(-c3cn4ccccc4n3)cc2N(C)C1=O. The number of likely N-dealkylation sites (N-methyl/N-ethyl adjacent to an activating group) is 1. The first-order valence-electron chi connectivity index (χ1n) is 7.16. The number of carbonyl (C=O) groups excluding carboxylic acids is 1. The molecule has 0 bridgehead atoms. The van der Waals surface area contributed by atoms with Crippen molar-refractivity contribution in [3.63, 3.8) is 0 Å². The maximum Gasteiger partial charge on any atom is 0.267 e. The predicted octanol–water partition coefficient (Wildman–Crippen LogP) is 2.75. The number of pyridine rings is 1. The van der Waals surface area contributed by atoms with Gasteiger partial charge < -0.3 is 14.0 Å². The van der Waals surface area contributed by atoms with Crippen LogP contribution in [0, 0.1) is 0 Å². The molecule has 0 fully saturated rings. The van der Waals surface area contributed by atoms with Gasteiger partial charge in [0.25, 0.3) is 5.91 Å². The lowest BCUT2D eigenvalue weighted by Gasteiger charge is -2.30. The van der Waals surface area contributed by atoms with Crippen LogP contribution >= 0.6 is 0 Å². The third-order valence-corrected chi connectivity index (χ3v) is 3.96. The fraction of sp³-hybridized carbons (Fsp3) is 0.176. The van der Waals surface area contributed by atoms with Crippen molar-refractivity contribution in [3.05, 3.63) is 48.8 Å². The first-order chi connectivity index (χ1) is 10.6. The van der Waals surface area contributed by atoms with Crippen molar-refractivity contribution < 1.29 is 9.53 Å². The maximum atomic E-state index is 12.1. The highest BCUT2D eigenvalue weighted by atomic mass is 16.5. The summed E-state index contributed by atoms with van der Waals surface area (Å²) in [5.41, 5.74) is 3.50. The Morgan fingerprint density at radius 3 is 2.91 bits per heavy atom. The van der Waals surface area contributed by atoms with Crippen LogP contribution in [0.3, 0.4) is 0 Å². The first-order valence-corrected chi connectivity index (χ1v) is 7.16. The van der Waals surface area contributed by atoms with E-state index in [1.165, 1.54) is 0 Å². The molecular weight excluding hydrogens is 278 g/mol. The molecule has 4 rings (SSSR count). The van der Waals surface area contributed by atoms with Crippen molar-refractivity contribution in [1.82, 2.24) is 9.38 Å². The number of hydrogen-bond donors (Lipinski definition) is 0. The Hall–Kier alpha value is -2.82. The molecule has 1 aliphatic rings. The summed E-state index contributed by atoms with van der Waals surface area (Å²) in [6, 6.07) is 11.7. The van der Waals surface area contributed by atoms with Gasteiger partial charge in [0.15, 0.2) is 6.10 Å². The largest absolute Gasteiger partial charge is 0.479 e. The van der Waals surface area contributed by atoms with E-state index in [0.29, 0.717) is 0 Å². The molecule has 0 aliphatic carbocycles. The molecule has 2 aromatic heterocycles. The number of imidazole rings is 1. The standard InChI is InChI=1S/C17H15N3O2/c1-11-17(21)19(2)14-9-12(6-7-15(14)22-11)13-10-20-8-4-3-5-16(20)18-13/h3-11H,1-2H3. The molecule has 1 aromatic carbocycles. The molecule has 0 spiro atoms. The fourth-order valence-electron chi connectivity index (χ4n) is 2.74. The van der Waals surface area contributed by atoms with E-state index in [9.17, 15) is 4.79 Å². The van der Waals surface area contributed by atoms with Gasteiger partial charge in [-0.25, -0.2) is 4.98 Å². The number of carbonyl (C=O) groups is 1. The van der Waals surface area contributed by atoms with Gasteiger partial charge in [-0.2, -0.15) is 0 Å². The molecule has 3 aromatic rings. The first kappa shape index (κ1) is 12.9. The van der Waals surface area contributed by atoms with Crippen molar-refractivity contribution in [2.75, 3.05) is 11.9 Å². The number of nitrogens with zero attached hydrogens (tertiary/aromatic N) is 3. The molecule has 3 heterocycles. The molecule has 0 saturated carbocycles. The van der Waals surface area contributed by atoms with Crippen LogP contribution in [0.25, 0.3) is 16.9 Å². The lowest BCUT2D eigenvalue weighted by molar-refractivity contribution is -0.125. The molecule has 5 heteroatoms. The highest BCUT2D eigenvalue weighted by Crippen LogP contribution is 2.36. The van der Waals surface area contributed by atoms with Crippen molar-refractivity contribution in [3.8, 4) is 17.0 Å². The fourth-order valence-corrected chi connectivity index (χ4v) is 2.74. The summed E-state index contributed by atoms with van der Waals surface area (Å²) < 4.78 is 7.62. The zero-order chi connectivity index (χ0) is 15.3. The van der Waals surface area contributed by atoms with Gasteiger partial charge in [0.05, 0.1) is 11.4 Å². The number of benzene rings is 1. The van der Waals surface area contributed by atoms with Crippen LogP contribution in [0.2, 0.25) is 0 Å². The zero-order valence-electron chi connectivity index (χ0n) is 12.4. The number of amides is 1. The van der Waals surface area contributed by atoms with Crippen LogP contribution in [0.15, 0.2) is 48.8 Å². The molecule has 1 unspecified atom stereocenters. The van der Waals surface area contributed by atoms with Crippen LogP contribution < -0.4 is 9.64 Å². The number of rotatable bonds is 1. The topological polar surface area (TPSA) is 46.8 Å². The number of hydrogen-bond acceptors (Lipinski definition) is 3. The predicted molar refractivity (Wildman–Crippen MR) is 84.1 cm³/mol.